The SMILES string of the molecule is COC(=O)c1ccc([C@@H]2C=C(C(N)=O)O[C@H](OCc3ccc(CO)cc3)C2)cc1. The van der Waals surface area contributed by atoms with Gasteiger partial charge in [0.05, 0.1) is 25.9 Å². The lowest BCUT2D eigenvalue weighted by Crippen LogP contribution is -2.29. The number of methoxy groups -OCH3 is 1. The second-order valence-electron chi connectivity index (χ2n) is 6.68. The van der Waals surface area contributed by atoms with Gasteiger partial charge in [-0.15, -0.1) is 0 Å². The molecular formula is C22H23NO6. The molecule has 1 heterocycles. The van der Waals surface area contributed by atoms with Crippen LogP contribution in [0, 0.1) is 0 Å². The van der Waals surface area contributed by atoms with Crippen LogP contribution in [0.3, 0.4) is 0 Å². The van der Waals surface area contributed by atoms with Crippen molar-refractivity contribution in [3.05, 3.63) is 82.6 Å². The van der Waals surface area contributed by atoms with Gasteiger partial charge in [0.1, 0.15) is 0 Å². The molecule has 0 aliphatic carbocycles. The van der Waals surface area contributed by atoms with Crippen LogP contribution < -0.4 is 5.73 Å². The second-order valence-corrected chi connectivity index (χ2v) is 6.68. The number of carbonyl (C=O) groups is 2. The van der Waals surface area contributed by atoms with Crippen LogP contribution in [0.25, 0.3) is 0 Å². The second kappa shape index (κ2) is 9.36. The van der Waals surface area contributed by atoms with Crippen molar-refractivity contribution in [2.75, 3.05) is 7.11 Å². The van der Waals surface area contributed by atoms with Gasteiger partial charge < -0.3 is 25.1 Å². The Kier molecular flexibility index (Phi) is 6.64. The summed E-state index contributed by atoms with van der Waals surface area (Å²) in [7, 11) is 1.33. The molecule has 2 atom stereocenters. The topological polar surface area (TPSA) is 108 Å². The van der Waals surface area contributed by atoms with Gasteiger partial charge in [-0.3, -0.25) is 4.79 Å². The molecular weight excluding hydrogens is 374 g/mol. The third-order valence-electron chi connectivity index (χ3n) is 4.70. The minimum Gasteiger partial charge on any atom is -0.465 e. The van der Waals surface area contributed by atoms with E-state index in [2.05, 4.69) is 0 Å². The molecule has 7 heteroatoms. The van der Waals surface area contributed by atoms with Gasteiger partial charge in [-0.1, -0.05) is 36.4 Å². The predicted molar refractivity (Wildman–Crippen MR) is 104 cm³/mol. The number of allylic oxidation sites excluding steroid dienone is 1. The van der Waals surface area contributed by atoms with Gasteiger partial charge in [-0.25, -0.2) is 4.79 Å². The lowest BCUT2D eigenvalue weighted by Gasteiger charge is -2.28. The summed E-state index contributed by atoms with van der Waals surface area (Å²) < 4.78 is 16.2. The van der Waals surface area contributed by atoms with Crippen molar-refractivity contribution in [2.45, 2.75) is 31.8 Å². The zero-order valence-corrected chi connectivity index (χ0v) is 16.0. The van der Waals surface area contributed by atoms with Crippen LogP contribution in [0.5, 0.6) is 0 Å². The highest BCUT2D eigenvalue weighted by Crippen LogP contribution is 2.32. The fourth-order valence-electron chi connectivity index (χ4n) is 3.08. The molecule has 152 valence electrons. The molecule has 29 heavy (non-hydrogen) atoms. The van der Waals surface area contributed by atoms with Gasteiger partial charge in [0.25, 0.3) is 5.91 Å². The number of benzene rings is 2. The van der Waals surface area contributed by atoms with E-state index in [9.17, 15) is 9.59 Å². The van der Waals surface area contributed by atoms with Crippen LogP contribution in [0.2, 0.25) is 0 Å². The van der Waals surface area contributed by atoms with Gasteiger partial charge in [-0.05, 0) is 34.9 Å². The highest BCUT2D eigenvalue weighted by molar-refractivity contribution is 5.90. The lowest BCUT2D eigenvalue weighted by atomic mass is 9.92. The van der Waals surface area contributed by atoms with Crippen molar-refractivity contribution in [2.24, 2.45) is 5.73 Å². The molecule has 0 saturated carbocycles. The van der Waals surface area contributed by atoms with E-state index in [1.165, 1.54) is 7.11 Å². The first-order chi connectivity index (χ1) is 14.0. The molecule has 3 N–H and O–H groups in total. The average Bonchev–Trinajstić information content (AvgIpc) is 2.77. The molecule has 1 aliphatic rings. The maximum Gasteiger partial charge on any atom is 0.337 e. The molecule has 0 radical (unpaired) electrons. The van der Waals surface area contributed by atoms with Crippen LogP contribution in [0.4, 0.5) is 0 Å². The monoisotopic (exact) mass is 397 g/mol. The van der Waals surface area contributed by atoms with Crippen molar-refractivity contribution in [1.29, 1.82) is 0 Å². The summed E-state index contributed by atoms with van der Waals surface area (Å²) in [5, 5.41) is 9.12. The zero-order chi connectivity index (χ0) is 20.8. The molecule has 0 saturated heterocycles. The molecule has 7 nitrogen and oxygen atoms in total. The number of amides is 1. The lowest BCUT2D eigenvalue weighted by molar-refractivity contribution is -0.148. The summed E-state index contributed by atoms with van der Waals surface area (Å²) in [5.41, 5.74) is 8.50. The molecule has 0 bridgehead atoms. The normalized spacial score (nSPS) is 18.5. The minimum absolute atomic E-state index is 0.0178. The predicted octanol–water partition coefficient (Wildman–Crippen LogP) is 2.38. The largest absolute Gasteiger partial charge is 0.465 e. The van der Waals surface area contributed by atoms with E-state index in [1.807, 2.05) is 36.4 Å². The molecule has 2 aromatic rings. The fourth-order valence-corrected chi connectivity index (χ4v) is 3.08. The van der Waals surface area contributed by atoms with E-state index in [0.29, 0.717) is 12.0 Å². The summed E-state index contributed by atoms with van der Waals surface area (Å²) in [4.78, 5) is 23.3. The fraction of sp³-hybridized carbons (Fsp3) is 0.273. The smallest absolute Gasteiger partial charge is 0.337 e. The maximum atomic E-state index is 11.7. The number of nitrogens with two attached hydrogens (primary N) is 1. The standard InChI is InChI=1S/C22H23NO6/c1-27-22(26)17-8-6-16(7-9-17)18-10-19(21(23)25)29-20(11-18)28-13-15-4-2-14(12-24)3-5-15/h2-10,18,20,24H,11-13H2,1H3,(H2,23,25)/t18-,20+/m1/s1. The van der Waals surface area contributed by atoms with Crippen molar-refractivity contribution >= 4 is 11.9 Å². The molecule has 1 aliphatic heterocycles. The first-order valence-electron chi connectivity index (χ1n) is 9.17. The number of ether oxygens (including phenoxy) is 3. The minimum atomic E-state index is -0.665. The van der Waals surface area contributed by atoms with Gasteiger partial charge in [-0.2, -0.15) is 0 Å². The number of rotatable bonds is 7. The zero-order valence-electron chi connectivity index (χ0n) is 16.0. The summed E-state index contributed by atoms with van der Waals surface area (Å²) >= 11 is 0. The van der Waals surface area contributed by atoms with Crippen LogP contribution in [-0.4, -0.2) is 30.4 Å². The van der Waals surface area contributed by atoms with Crippen molar-refractivity contribution < 1.29 is 28.9 Å². The highest BCUT2D eigenvalue weighted by atomic mass is 16.7. The Morgan fingerprint density at radius 3 is 2.34 bits per heavy atom. The number of hydrogen-bond donors (Lipinski definition) is 2. The average molecular weight is 397 g/mol. The number of hydrogen-bond acceptors (Lipinski definition) is 6. The van der Waals surface area contributed by atoms with Crippen molar-refractivity contribution in [3.63, 3.8) is 0 Å². The van der Waals surface area contributed by atoms with Crippen LogP contribution >= 0.6 is 0 Å². The summed E-state index contributed by atoms with van der Waals surface area (Å²) in [6.07, 6.45) is 1.51. The van der Waals surface area contributed by atoms with Crippen LogP contribution in [0.15, 0.2) is 60.4 Å². The van der Waals surface area contributed by atoms with Gasteiger partial charge in [0.15, 0.2) is 5.76 Å². The van der Waals surface area contributed by atoms with E-state index in [1.54, 1.807) is 18.2 Å². The van der Waals surface area contributed by atoms with Gasteiger partial charge in [0, 0.05) is 12.3 Å². The van der Waals surface area contributed by atoms with E-state index >= 15 is 0 Å². The van der Waals surface area contributed by atoms with E-state index in [4.69, 9.17) is 25.1 Å². The van der Waals surface area contributed by atoms with Gasteiger partial charge >= 0.3 is 5.97 Å². The Labute approximate surface area is 168 Å². The summed E-state index contributed by atoms with van der Waals surface area (Å²) in [5.74, 6) is -1.18. The molecule has 0 spiro atoms. The quantitative estimate of drug-likeness (QED) is 0.695. The number of aliphatic hydroxyl groups excluding tert-OH is 1. The van der Waals surface area contributed by atoms with Crippen molar-refractivity contribution in [1.82, 2.24) is 0 Å². The highest BCUT2D eigenvalue weighted by Gasteiger charge is 2.28. The Bertz CT molecular complexity index is 889. The number of esters is 1. The Hall–Kier alpha value is -3.16. The molecule has 0 unspecified atom stereocenters. The molecule has 0 fully saturated rings. The van der Waals surface area contributed by atoms with E-state index < -0.39 is 18.2 Å². The molecule has 0 aromatic heterocycles. The Balaban J connectivity index is 1.71. The maximum absolute atomic E-state index is 11.7. The van der Waals surface area contributed by atoms with Crippen LogP contribution in [0.1, 0.15) is 39.4 Å². The van der Waals surface area contributed by atoms with Crippen LogP contribution in [-0.2, 0) is 32.2 Å². The number of carbonyl (C=O) groups excluding carboxylic acids is 2. The third-order valence-corrected chi connectivity index (χ3v) is 4.70. The summed E-state index contributed by atoms with van der Waals surface area (Å²) in [6, 6.07) is 14.3. The molecule has 2 aromatic carbocycles. The number of aliphatic hydroxyl groups is 1. The first kappa shape index (κ1) is 20.6. The first-order valence-corrected chi connectivity index (χ1v) is 9.17. The third kappa shape index (κ3) is 5.22. The van der Waals surface area contributed by atoms with E-state index in [0.717, 1.165) is 16.7 Å². The van der Waals surface area contributed by atoms with Gasteiger partial charge in [0.2, 0.25) is 6.29 Å². The summed E-state index contributed by atoms with van der Waals surface area (Å²) in [6.45, 7) is 0.270. The molecule has 3 rings (SSSR count). The number of primary amides is 1. The Morgan fingerprint density at radius 1 is 1.10 bits per heavy atom. The van der Waals surface area contributed by atoms with Crippen molar-refractivity contribution in [3.8, 4) is 0 Å². The van der Waals surface area contributed by atoms with E-state index in [-0.39, 0.29) is 24.9 Å². The Morgan fingerprint density at radius 2 is 1.76 bits per heavy atom. The molecule has 1 amide bonds.